The molecule has 3 heterocycles. The van der Waals surface area contributed by atoms with Gasteiger partial charge in [-0.25, -0.2) is 4.90 Å². The third kappa shape index (κ3) is 3.15. The lowest BCUT2D eigenvalue weighted by molar-refractivity contribution is -0.122. The van der Waals surface area contributed by atoms with Crippen LogP contribution in [-0.4, -0.2) is 29.2 Å². The van der Waals surface area contributed by atoms with Gasteiger partial charge in [-0.1, -0.05) is 39.8 Å². The number of carbonyl (C=O) groups is 2. The minimum atomic E-state index is -0.499. The lowest BCUT2D eigenvalue weighted by atomic mass is 9.83. The summed E-state index contributed by atoms with van der Waals surface area (Å²) in [5, 5.41) is 0.381. The van der Waals surface area contributed by atoms with Crippen molar-refractivity contribution in [3.05, 3.63) is 67.4 Å². The van der Waals surface area contributed by atoms with E-state index in [2.05, 4.69) is 20.9 Å². The summed E-state index contributed by atoms with van der Waals surface area (Å²) in [5.41, 5.74) is 1.56. The van der Waals surface area contributed by atoms with Gasteiger partial charge in [0.1, 0.15) is 11.0 Å². The molecular weight excluding hydrogens is 504 g/mol. The lowest BCUT2D eigenvalue weighted by Crippen LogP contribution is -2.32. The molecule has 3 atom stereocenters. The number of thioether (sulfide) groups is 1. The second kappa shape index (κ2) is 7.64. The molecule has 0 unspecified atom stereocenters. The number of thiazole rings is 1. The highest BCUT2D eigenvalue weighted by Gasteiger charge is 2.56. The number of H-pyrrole nitrogens is 1. The maximum absolute atomic E-state index is 13.6. The van der Waals surface area contributed by atoms with Crippen LogP contribution in [0.5, 0.6) is 5.75 Å². The van der Waals surface area contributed by atoms with Crippen LogP contribution in [0, 0.1) is 9.87 Å². The van der Waals surface area contributed by atoms with Crippen LogP contribution < -0.4 is 9.64 Å². The molecule has 2 amide bonds. The van der Waals surface area contributed by atoms with Gasteiger partial charge in [-0.15, -0.1) is 11.3 Å². The van der Waals surface area contributed by atoms with Crippen molar-refractivity contribution in [3.8, 4) is 5.75 Å². The van der Waals surface area contributed by atoms with E-state index < -0.39 is 11.2 Å². The van der Waals surface area contributed by atoms with E-state index in [9.17, 15) is 9.59 Å². The van der Waals surface area contributed by atoms with Crippen molar-refractivity contribution in [2.75, 3.05) is 12.0 Å². The Morgan fingerprint density at radius 3 is 2.43 bits per heavy atom. The SMILES string of the molecule is COc1ccc([C@@H]2c3sc(=S)[nH]c3S[C@@H]3C(=O)N(c4ccc(Br)cc4)C(=O)[C@H]23)cc1. The Bertz CT molecular complexity index is 1200. The minimum absolute atomic E-state index is 0.175. The molecule has 0 radical (unpaired) electrons. The number of hydrogen-bond acceptors (Lipinski definition) is 6. The molecule has 1 aromatic heterocycles. The van der Waals surface area contributed by atoms with Gasteiger partial charge in [-0.05, 0) is 54.2 Å². The highest BCUT2D eigenvalue weighted by molar-refractivity contribution is 9.10. The van der Waals surface area contributed by atoms with E-state index >= 15 is 0 Å². The second-order valence-corrected chi connectivity index (χ2v) is 10.8. The molecule has 5 nitrogen and oxygen atoms in total. The molecule has 152 valence electrons. The smallest absolute Gasteiger partial charge is 0.248 e. The van der Waals surface area contributed by atoms with Crippen molar-refractivity contribution in [1.29, 1.82) is 0 Å². The predicted octanol–water partition coefficient (Wildman–Crippen LogP) is 5.37. The first-order valence-corrected chi connectivity index (χ1v) is 12.0. The van der Waals surface area contributed by atoms with Gasteiger partial charge in [0.15, 0.2) is 3.95 Å². The number of amides is 2. The number of carbonyl (C=O) groups excluding carboxylic acids is 2. The molecule has 30 heavy (non-hydrogen) atoms. The summed E-state index contributed by atoms with van der Waals surface area (Å²) in [4.78, 5) is 32.5. The summed E-state index contributed by atoms with van der Waals surface area (Å²) in [6.45, 7) is 0. The van der Waals surface area contributed by atoms with E-state index in [4.69, 9.17) is 17.0 Å². The number of anilines is 1. The first-order valence-electron chi connectivity index (χ1n) is 9.15. The Labute approximate surface area is 194 Å². The number of aromatic nitrogens is 1. The number of ether oxygens (including phenoxy) is 1. The van der Waals surface area contributed by atoms with Crippen LogP contribution in [0.1, 0.15) is 16.4 Å². The Kier molecular flexibility index (Phi) is 5.09. The van der Waals surface area contributed by atoms with E-state index in [1.807, 2.05) is 36.4 Å². The summed E-state index contributed by atoms with van der Waals surface area (Å²) in [5.74, 6) is -0.356. The first kappa shape index (κ1) is 20.0. The molecule has 2 aliphatic heterocycles. The van der Waals surface area contributed by atoms with Crippen LogP contribution in [0.25, 0.3) is 0 Å². The van der Waals surface area contributed by atoms with Crippen LogP contribution in [0.3, 0.4) is 0 Å². The third-order valence-electron chi connectivity index (χ3n) is 5.38. The summed E-state index contributed by atoms with van der Waals surface area (Å²) in [6.07, 6.45) is 0. The number of benzene rings is 2. The van der Waals surface area contributed by atoms with Crippen LogP contribution in [0.15, 0.2) is 58.0 Å². The predicted molar refractivity (Wildman–Crippen MR) is 124 cm³/mol. The molecular formula is C21H15BrN2O3S3. The average Bonchev–Trinajstić information content (AvgIpc) is 3.24. The Morgan fingerprint density at radius 2 is 1.77 bits per heavy atom. The van der Waals surface area contributed by atoms with Gasteiger partial charge in [-0.3, -0.25) is 9.59 Å². The standard InChI is InChI=1S/C21H15BrN2O3S3/c1-27-13-8-2-10(3-9-13)14-15-17(29-18-16(14)30-21(28)23-18)20(26)24(19(15)25)12-6-4-11(22)5-7-12/h2-9,14-15,17H,1H3,(H,23,28)/t14-,15+,17-/m0/s1. The Hall–Kier alpha value is -1.94. The number of hydrogen-bond donors (Lipinski definition) is 1. The van der Waals surface area contributed by atoms with E-state index in [-0.39, 0.29) is 17.7 Å². The number of nitrogens with one attached hydrogen (secondary N) is 1. The monoisotopic (exact) mass is 518 g/mol. The van der Waals surface area contributed by atoms with E-state index in [0.29, 0.717) is 9.64 Å². The molecule has 0 spiro atoms. The van der Waals surface area contributed by atoms with Crippen LogP contribution >= 0.6 is 51.2 Å². The molecule has 9 heteroatoms. The number of nitrogens with zero attached hydrogens (tertiary/aromatic N) is 1. The lowest BCUT2D eigenvalue weighted by Gasteiger charge is -2.30. The zero-order valence-electron chi connectivity index (χ0n) is 15.6. The summed E-state index contributed by atoms with van der Waals surface area (Å²) >= 11 is 11.7. The highest BCUT2D eigenvalue weighted by atomic mass is 79.9. The number of fused-ring (bicyclic) bond motifs is 2. The number of methoxy groups -OCH3 is 1. The maximum Gasteiger partial charge on any atom is 0.248 e. The number of rotatable bonds is 3. The molecule has 1 saturated heterocycles. The van der Waals surface area contributed by atoms with Crippen molar-refractivity contribution in [1.82, 2.24) is 4.98 Å². The number of imide groups is 1. The van der Waals surface area contributed by atoms with Gasteiger partial charge in [0.05, 0.1) is 23.7 Å². The summed E-state index contributed by atoms with van der Waals surface area (Å²) < 4.78 is 6.82. The second-order valence-electron chi connectivity index (χ2n) is 7.01. The first-order chi connectivity index (χ1) is 14.5. The van der Waals surface area contributed by atoms with Crippen LogP contribution in [-0.2, 0) is 9.59 Å². The van der Waals surface area contributed by atoms with Crippen molar-refractivity contribution in [2.24, 2.45) is 5.92 Å². The molecule has 0 aliphatic carbocycles. The van der Waals surface area contributed by atoms with E-state index in [0.717, 1.165) is 25.7 Å². The Balaban J connectivity index is 1.63. The van der Waals surface area contributed by atoms with Gasteiger partial charge >= 0.3 is 0 Å². The van der Waals surface area contributed by atoms with Crippen molar-refractivity contribution in [3.63, 3.8) is 0 Å². The van der Waals surface area contributed by atoms with Crippen molar-refractivity contribution >= 4 is 68.7 Å². The fourth-order valence-electron chi connectivity index (χ4n) is 4.03. The molecule has 1 N–H and O–H groups in total. The van der Waals surface area contributed by atoms with Gasteiger partial charge in [0, 0.05) is 15.3 Å². The fourth-order valence-corrected chi connectivity index (χ4v) is 7.26. The molecule has 2 aromatic carbocycles. The Morgan fingerprint density at radius 1 is 1.07 bits per heavy atom. The van der Waals surface area contributed by atoms with Gasteiger partial charge < -0.3 is 9.72 Å². The average molecular weight is 519 g/mol. The fraction of sp³-hybridized carbons (Fsp3) is 0.190. The molecule has 5 rings (SSSR count). The molecule has 2 aliphatic rings. The van der Waals surface area contributed by atoms with Gasteiger partial charge in [0.2, 0.25) is 11.8 Å². The summed E-state index contributed by atoms with van der Waals surface area (Å²) in [6, 6.07) is 14.9. The molecule has 1 fully saturated rings. The molecule has 0 saturated carbocycles. The number of aromatic amines is 1. The maximum atomic E-state index is 13.6. The topological polar surface area (TPSA) is 62.4 Å². The highest BCUT2D eigenvalue weighted by Crippen LogP contribution is 2.54. The third-order valence-corrected chi connectivity index (χ3v) is 8.67. The van der Waals surface area contributed by atoms with Crippen molar-refractivity contribution in [2.45, 2.75) is 16.2 Å². The minimum Gasteiger partial charge on any atom is -0.497 e. The molecule has 0 bridgehead atoms. The van der Waals surface area contributed by atoms with E-state index in [1.54, 1.807) is 19.2 Å². The van der Waals surface area contributed by atoms with E-state index in [1.165, 1.54) is 28.0 Å². The normalized spacial score (nSPS) is 22.7. The summed E-state index contributed by atoms with van der Waals surface area (Å²) in [7, 11) is 1.62. The van der Waals surface area contributed by atoms with Crippen LogP contribution in [0.4, 0.5) is 5.69 Å². The van der Waals surface area contributed by atoms with Crippen molar-refractivity contribution < 1.29 is 14.3 Å². The largest absolute Gasteiger partial charge is 0.497 e. The van der Waals surface area contributed by atoms with Gasteiger partial charge in [-0.2, -0.15) is 0 Å². The zero-order valence-corrected chi connectivity index (χ0v) is 19.7. The van der Waals surface area contributed by atoms with Gasteiger partial charge in [0.25, 0.3) is 0 Å². The quantitative estimate of drug-likeness (QED) is 0.372. The van der Waals surface area contributed by atoms with Crippen LogP contribution in [0.2, 0.25) is 0 Å². The number of halogens is 1. The molecule has 3 aromatic rings. The zero-order chi connectivity index (χ0) is 21.0.